The molecule has 1 amide bonds. The Hall–Kier alpha value is -3.47. The molecule has 0 bridgehead atoms. The third kappa shape index (κ3) is 3.16. The highest BCUT2D eigenvalue weighted by Crippen LogP contribution is 2.39. The van der Waals surface area contributed by atoms with E-state index < -0.39 is 6.09 Å². The zero-order valence-electron chi connectivity index (χ0n) is 16.2. The molecule has 1 aliphatic heterocycles. The number of nitrogens with zero attached hydrogens (tertiary/aromatic N) is 2. The predicted molar refractivity (Wildman–Crippen MR) is 109 cm³/mol. The Kier molecular flexibility index (Phi) is 4.65. The van der Waals surface area contributed by atoms with Gasteiger partial charge in [-0.2, -0.15) is 0 Å². The summed E-state index contributed by atoms with van der Waals surface area (Å²) < 4.78 is 14.2. The van der Waals surface area contributed by atoms with Crippen LogP contribution in [0, 0.1) is 6.92 Å². The van der Waals surface area contributed by atoms with Gasteiger partial charge in [0.15, 0.2) is 17.3 Å². The van der Waals surface area contributed by atoms with Crippen LogP contribution in [0.5, 0.6) is 5.75 Å². The van der Waals surface area contributed by atoms with Gasteiger partial charge >= 0.3 is 6.09 Å². The average Bonchev–Trinajstić information content (AvgIpc) is 3.15. The molecule has 0 radical (unpaired) electrons. The van der Waals surface area contributed by atoms with Gasteiger partial charge in [0, 0.05) is 25.4 Å². The number of hydrogen-bond donors (Lipinski definition) is 0. The summed E-state index contributed by atoms with van der Waals surface area (Å²) >= 11 is 0. The van der Waals surface area contributed by atoms with E-state index in [1.165, 1.54) is 4.90 Å². The average molecular weight is 374 g/mol. The van der Waals surface area contributed by atoms with Crippen LogP contribution in [0.1, 0.15) is 23.7 Å². The largest absolute Gasteiger partial charge is 0.450 e. The van der Waals surface area contributed by atoms with Crippen molar-refractivity contribution in [3.63, 3.8) is 0 Å². The third-order valence-electron chi connectivity index (χ3n) is 4.79. The molecule has 3 aromatic rings. The van der Waals surface area contributed by atoms with Crippen molar-refractivity contribution in [1.82, 2.24) is 9.47 Å². The van der Waals surface area contributed by atoms with Gasteiger partial charge in [-0.25, -0.2) is 4.79 Å². The minimum atomic E-state index is -0.426. The lowest BCUT2D eigenvalue weighted by Crippen LogP contribution is -2.27. The number of ether oxygens (including phenoxy) is 2. The molecule has 28 heavy (non-hydrogen) atoms. The number of fused-ring (bicyclic) bond motifs is 3. The zero-order valence-corrected chi connectivity index (χ0v) is 16.2. The van der Waals surface area contributed by atoms with E-state index in [2.05, 4.69) is 0 Å². The number of aryl methyl sites for hydroxylation is 1. The highest BCUT2D eigenvalue weighted by Gasteiger charge is 2.27. The van der Waals surface area contributed by atoms with E-state index in [-0.39, 0.29) is 0 Å². The van der Waals surface area contributed by atoms with Gasteiger partial charge < -0.3 is 18.9 Å². The Morgan fingerprint density at radius 3 is 2.64 bits per heavy atom. The molecule has 0 atom stereocenters. The quantitative estimate of drug-likeness (QED) is 0.641. The number of benzene rings is 2. The van der Waals surface area contributed by atoms with Gasteiger partial charge in [0.25, 0.3) is 0 Å². The minimum Gasteiger partial charge on any atom is -0.450 e. The molecule has 142 valence electrons. The maximum atomic E-state index is 12.6. The molecule has 5 nitrogen and oxygen atoms in total. The van der Waals surface area contributed by atoms with E-state index >= 15 is 0 Å². The zero-order chi connectivity index (χ0) is 19.7. The van der Waals surface area contributed by atoms with Crippen LogP contribution in [0.15, 0.2) is 66.9 Å². The molecule has 1 aliphatic rings. The van der Waals surface area contributed by atoms with Crippen LogP contribution in [0.4, 0.5) is 4.79 Å². The highest BCUT2D eigenvalue weighted by molar-refractivity contribution is 5.90. The minimum absolute atomic E-state index is 0.398. The Morgan fingerprint density at radius 1 is 1.11 bits per heavy atom. The first kappa shape index (κ1) is 17.9. The second-order valence-electron chi connectivity index (χ2n) is 6.74. The lowest BCUT2D eigenvalue weighted by molar-refractivity contribution is 0.155. The molecular formula is C23H22N2O3. The van der Waals surface area contributed by atoms with E-state index in [0.29, 0.717) is 23.8 Å². The summed E-state index contributed by atoms with van der Waals surface area (Å²) in [6, 6.07) is 19.6. The van der Waals surface area contributed by atoms with Crippen LogP contribution in [-0.2, 0) is 4.74 Å². The monoisotopic (exact) mass is 374 g/mol. The van der Waals surface area contributed by atoms with Crippen molar-refractivity contribution >= 4 is 17.6 Å². The smallest absolute Gasteiger partial charge is 0.415 e. The number of carbonyl (C=O) groups excluding carboxylic acids is 1. The Morgan fingerprint density at radius 2 is 1.89 bits per heavy atom. The highest BCUT2D eigenvalue weighted by atomic mass is 16.6. The van der Waals surface area contributed by atoms with Crippen molar-refractivity contribution < 1.29 is 14.3 Å². The lowest BCUT2D eigenvalue weighted by atomic mass is 10.1. The first-order chi connectivity index (χ1) is 13.6. The van der Waals surface area contributed by atoms with Crippen molar-refractivity contribution in [2.24, 2.45) is 0 Å². The fraction of sp³-hybridized carbons (Fsp3) is 0.174. The number of hydrogen-bond acceptors (Lipinski definition) is 3. The van der Waals surface area contributed by atoms with Crippen LogP contribution in [0.3, 0.4) is 0 Å². The van der Waals surface area contributed by atoms with Gasteiger partial charge in [0.2, 0.25) is 0 Å². The van der Waals surface area contributed by atoms with Crippen LogP contribution >= 0.6 is 0 Å². The normalized spacial score (nSPS) is 12.5. The second-order valence-corrected chi connectivity index (χ2v) is 6.74. The van der Waals surface area contributed by atoms with Crippen LogP contribution in [0.25, 0.3) is 17.2 Å². The van der Waals surface area contributed by atoms with E-state index in [1.807, 2.05) is 85.3 Å². The number of carbonyl (C=O) groups is 1. The van der Waals surface area contributed by atoms with E-state index in [4.69, 9.17) is 9.47 Å². The number of amides is 1. The molecule has 0 saturated carbocycles. The SMILES string of the molecule is CCN(C)C(=O)OC1=C(c2ccccc2)Oc2cc(C)ccc2-n2cccc21. The van der Waals surface area contributed by atoms with Crippen molar-refractivity contribution in [2.75, 3.05) is 13.6 Å². The van der Waals surface area contributed by atoms with Crippen LogP contribution in [0.2, 0.25) is 0 Å². The van der Waals surface area contributed by atoms with Gasteiger partial charge in [-0.05, 0) is 43.7 Å². The molecule has 2 heterocycles. The summed E-state index contributed by atoms with van der Waals surface area (Å²) in [5, 5.41) is 0. The first-order valence-corrected chi connectivity index (χ1v) is 9.27. The molecule has 0 fully saturated rings. The summed E-state index contributed by atoms with van der Waals surface area (Å²) in [6.45, 7) is 4.47. The maximum absolute atomic E-state index is 12.6. The maximum Gasteiger partial charge on any atom is 0.415 e. The standard InChI is InChI=1S/C23H22N2O3/c1-4-24(3)23(26)28-22-19-11-8-14-25(19)18-13-12-16(2)15-20(18)27-21(22)17-9-6-5-7-10-17/h5-15H,4H2,1-3H3. The van der Waals surface area contributed by atoms with Gasteiger partial charge in [-0.15, -0.1) is 0 Å². The fourth-order valence-electron chi connectivity index (χ4n) is 3.12. The van der Waals surface area contributed by atoms with Gasteiger partial charge in [-0.1, -0.05) is 36.4 Å². The molecule has 0 spiro atoms. The molecule has 0 N–H and O–H groups in total. The Bertz CT molecular complexity index is 1050. The molecular weight excluding hydrogens is 352 g/mol. The summed E-state index contributed by atoms with van der Waals surface area (Å²) in [5.41, 5.74) is 3.59. The molecule has 5 heteroatoms. The van der Waals surface area contributed by atoms with Crippen LogP contribution < -0.4 is 4.74 Å². The van der Waals surface area contributed by atoms with E-state index in [1.54, 1.807) is 7.05 Å². The van der Waals surface area contributed by atoms with Gasteiger partial charge in [-0.3, -0.25) is 0 Å². The molecule has 0 unspecified atom stereocenters. The summed E-state index contributed by atoms with van der Waals surface area (Å²) in [7, 11) is 1.71. The van der Waals surface area contributed by atoms with Gasteiger partial charge in [0.05, 0.1) is 11.4 Å². The summed E-state index contributed by atoms with van der Waals surface area (Å²) in [5.74, 6) is 1.63. The molecule has 4 rings (SSSR count). The molecule has 0 aliphatic carbocycles. The molecule has 2 aromatic carbocycles. The second kappa shape index (κ2) is 7.27. The van der Waals surface area contributed by atoms with Crippen molar-refractivity contribution in [3.05, 3.63) is 83.7 Å². The Balaban J connectivity index is 1.94. The number of aromatic nitrogens is 1. The van der Waals surface area contributed by atoms with Crippen molar-refractivity contribution in [2.45, 2.75) is 13.8 Å². The summed E-state index contributed by atoms with van der Waals surface area (Å²) in [6.07, 6.45) is 1.52. The molecule has 1 aromatic heterocycles. The van der Waals surface area contributed by atoms with Crippen molar-refractivity contribution in [1.29, 1.82) is 0 Å². The first-order valence-electron chi connectivity index (χ1n) is 9.27. The summed E-state index contributed by atoms with van der Waals surface area (Å²) in [4.78, 5) is 14.1. The van der Waals surface area contributed by atoms with E-state index in [9.17, 15) is 4.79 Å². The van der Waals surface area contributed by atoms with Crippen molar-refractivity contribution in [3.8, 4) is 11.4 Å². The predicted octanol–water partition coefficient (Wildman–Crippen LogP) is 5.09. The molecule has 0 saturated heterocycles. The fourth-order valence-corrected chi connectivity index (χ4v) is 3.12. The third-order valence-corrected chi connectivity index (χ3v) is 4.79. The van der Waals surface area contributed by atoms with E-state index in [0.717, 1.165) is 22.5 Å². The lowest BCUT2D eigenvalue weighted by Gasteiger charge is -2.18. The van der Waals surface area contributed by atoms with Gasteiger partial charge in [0.1, 0.15) is 0 Å². The Labute approximate surface area is 164 Å². The number of rotatable bonds is 3. The van der Waals surface area contributed by atoms with Crippen LogP contribution in [-0.4, -0.2) is 29.2 Å². The topological polar surface area (TPSA) is 43.7 Å².